The topological polar surface area (TPSA) is 63.0 Å². The Labute approximate surface area is 161 Å². The molecule has 0 radical (unpaired) electrons. The van der Waals surface area contributed by atoms with E-state index >= 15 is 0 Å². The van der Waals surface area contributed by atoms with Crippen LogP contribution in [-0.2, 0) is 21.0 Å². The maximum atomic E-state index is 13.2. The first-order valence-electron chi connectivity index (χ1n) is 9.17. The number of furan rings is 1. The molecule has 5 rings (SSSR count). The van der Waals surface area contributed by atoms with E-state index in [4.69, 9.17) is 9.25 Å². The van der Waals surface area contributed by atoms with Gasteiger partial charge in [-0.2, -0.15) is 0 Å². The number of rotatable bonds is 4. The summed E-state index contributed by atoms with van der Waals surface area (Å²) < 4.78 is 5.61. The Morgan fingerprint density at radius 1 is 0.821 bits per heavy atom. The molecule has 6 heteroatoms. The van der Waals surface area contributed by atoms with Gasteiger partial charge in [0.2, 0.25) is 5.91 Å². The molecule has 0 spiro atoms. The zero-order valence-corrected chi connectivity index (χ0v) is 15.0. The molecule has 0 bridgehead atoms. The molecular weight excluding hydrogens is 356 g/mol. The van der Waals surface area contributed by atoms with Crippen molar-refractivity contribution in [3.8, 4) is 0 Å². The first-order valence-corrected chi connectivity index (χ1v) is 9.17. The van der Waals surface area contributed by atoms with Crippen LogP contribution in [0.15, 0.2) is 83.5 Å². The number of carbonyl (C=O) groups excluding carboxylic acids is 2. The van der Waals surface area contributed by atoms with Crippen molar-refractivity contribution in [2.24, 2.45) is 5.92 Å². The molecule has 2 amide bonds. The second-order valence-electron chi connectivity index (χ2n) is 6.92. The number of likely N-dealkylation sites (tertiary alicyclic amines) is 1. The predicted molar refractivity (Wildman–Crippen MR) is 101 cm³/mol. The number of hydrogen-bond acceptors (Lipinski definition) is 5. The SMILES string of the molecule is O=C1[C@H]2[C@@H](ON(c3ccccc3)[C@H]2c2ccco2)C(=O)N1Cc1ccccc1. The van der Waals surface area contributed by atoms with Crippen LogP contribution >= 0.6 is 0 Å². The summed E-state index contributed by atoms with van der Waals surface area (Å²) >= 11 is 0. The summed E-state index contributed by atoms with van der Waals surface area (Å²) in [6, 6.07) is 22.0. The molecule has 0 aliphatic carbocycles. The van der Waals surface area contributed by atoms with Crippen molar-refractivity contribution >= 4 is 17.5 Å². The quantitative estimate of drug-likeness (QED) is 0.656. The minimum Gasteiger partial charge on any atom is -0.467 e. The summed E-state index contributed by atoms with van der Waals surface area (Å²) in [6.07, 6.45) is 0.709. The number of hydrogen-bond donors (Lipinski definition) is 0. The molecular formula is C22H18N2O4. The highest BCUT2D eigenvalue weighted by atomic mass is 16.7. The average Bonchev–Trinajstić information content (AvgIpc) is 3.44. The highest BCUT2D eigenvalue weighted by molar-refractivity contribution is 6.07. The number of imide groups is 1. The van der Waals surface area contributed by atoms with Gasteiger partial charge in [-0.15, -0.1) is 0 Å². The van der Waals surface area contributed by atoms with Crippen molar-refractivity contribution in [2.45, 2.75) is 18.7 Å². The Bertz CT molecular complexity index is 988. The van der Waals surface area contributed by atoms with Gasteiger partial charge in [0.1, 0.15) is 17.7 Å². The average molecular weight is 374 g/mol. The molecule has 0 unspecified atom stereocenters. The van der Waals surface area contributed by atoms with Crippen LogP contribution in [-0.4, -0.2) is 22.8 Å². The van der Waals surface area contributed by atoms with Gasteiger partial charge < -0.3 is 4.42 Å². The maximum Gasteiger partial charge on any atom is 0.262 e. The smallest absolute Gasteiger partial charge is 0.262 e. The number of hydroxylamine groups is 1. The molecule has 28 heavy (non-hydrogen) atoms. The lowest BCUT2D eigenvalue weighted by Crippen LogP contribution is -2.36. The van der Waals surface area contributed by atoms with Crippen molar-refractivity contribution < 1.29 is 18.8 Å². The van der Waals surface area contributed by atoms with E-state index in [1.165, 1.54) is 4.90 Å². The summed E-state index contributed by atoms with van der Waals surface area (Å²) in [4.78, 5) is 33.6. The lowest BCUT2D eigenvalue weighted by atomic mass is 9.94. The van der Waals surface area contributed by atoms with Gasteiger partial charge in [-0.1, -0.05) is 48.5 Å². The number of carbonyl (C=O) groups is 2. The second-order valence-corrected chi connectivity index (χ2v) is 6.92. The minimum atomic E-state index is -0.855. The van der Waals surface area contributed by atoms with E-state index in [0.29, 0.717) is 5.76 Å². The van der Waals surface area contributed by atoms with Gasteiger partial charge in [0.05, 0.1) is 18.5 Å². The van der Waals surface area contributed by atoms with Crippen LogP contribution in [0.3, 0.4) is 0 Å². The molecule has 0 saturated carbocycles. The predicted octanol–water partition coefficient (Wildman–Crippen LogP) is 3.33. The highest BCUT2D eigenvalue weighted by Gasteiger charge is 2.60. The van der Waals surface area contributed by atoms with E-state index in [-0.39, 0.29) is 18.4 Å². The molecule has 1 aromatic heterocycles. The minimum absolute atomic E-state index is 0.237. The second kappa shape index (κ2) is 6.65. The van der Waals surface area contributed by atoms with Crippen molar-refractivity contribution in [3.05, 3.63) is 90.4 Å². The van der Waals surface area contributed by atoms with Crippen molar-refractivity contribution in [3.63, 3.8) is 0 Å². The van der Waals surface area contributed by atoms with Gasteiger partial charge in [-0.3, -0.25) is 19.3 Å². The van der Waals surface area contributed by atoms with Crippen LogP contribution in [0.25, 0.3) is 0 Å². The standard InChI is InChI=1S/C22H18N2O4/c25-21-18-19(17-12-7-13-27-17)24(16-10-5-2-6-11-16)28-20(18)22(26)23(21)14-15-8-3-1-4-9-15/h1-13,18-20H,14H2/t18-,19+,20-/m1/s1. The third-order valence-corrected chi connectivity index (χ3v) is 5.24. The first-order chi connectivity index (χ1) is 13.7. The Hall–Kier alpha value is -3.38. The molecule has 2 aliphatic rings. The van der Waals surface area contributed by atoms with E-state index in [9.17, 15) is 9.59 Å². The number of para-hydroxylation sites is 1. The largest absolute Gasteiger partial charge is 0.467 e. The van der Waals surface area contributed by atoms with Crippen LogP contribution in [0.5, 0.6) is 0 Å². The van der Waals surface area contributed by atoms with Crippen LogP contribution in [0.2, 0.25) is 0 Å². The molecule has 2 aliphatic heterocycles. The number of anilines is 1. The third-order valence-electron chi connectivity index (χ3n) is 5.24. The highest BCUT2D eigenvalue weighted by Crippen LogP contribution is 2.46. The molecule has 3 aromatic rings. The monoisotopic (exact) mass is 374 g/mol. The summed E-state index contributed by atoms with van der Waals surface area (Å²) in [7, 11) is 0. The molecule has 0 N–H and O–H groups in total. The fraction of sp³-hybridized carbons (Fsp3) is 0.182. The van der Waals surface area contributed by atoms with Crippen molar-refractivity contribution in [2.75, 3.05) is 5.06 Å². The Morgan fingerprint density at radius 3 is 2.21 bits per heavy atom. The van der Waals surface area contributed by atoms with Crippen LogP contribution in [0.1, 0.15) is 17.4 Å². The van der Waals surface area contributed by atoms with Crippen molar-refractivity contribution in [1.82, 2.24) is 4.90 Å². The fourth-order valence-electron chi connectivity index (χ4n) is 3.94. The number of benzene rings is 2. The van der Waals surface area contributed by atoms with E-state index in [1.54, 1.807) is 17.4 Å². The first kappa shape index (κ1) is 16.8. The van der Waals surface area contributed by atoms with Crippen molar-refractivity contribution in [1.29, 1.82) is 0 Å². The maximum absolute atomic E-state index is 13.2. The molecule has 2 fully saturated rings. The third kappa shape index (κ3) is 2.61. The number of fused-ring (bicyclic) bond motifs is 1. The van der Waals surface area contributed by atoms with Gasteiger partial charge in [0, 0.05) is 0 Å². The zero-order valence-electron chi connectivity index (χ0n) is 15.0. The summed E-state index contributed by atoms with van der Waals surface area (Å²) in [5, 5.41) is 1.63. The Morgan fingerprint density at radius 2 is 1.54 bits per heavy atom. The van der Waals surface area contributed by atoms with Gasteiger partial charge in [-0.25, -0.2) is 5.06 Å². The molecule has 2 aromatic carbocycles. The summed E-state index contributed by atoms with van der Waals surface area (Å²) in [5.41, 5.74) is 1.67. The summed E-state index contributed by atoms with van der Waals surface area (Å²) in [5.74, 6) is -0.603. The van der Waals surface area contributed by atoms with Crippen LogP contribution in [0, 0.1) is 5.92 Å². The van der Waals surface area contributed by atoms with Crippen LogP contribution < -0.4 is 5.06 Å². The molecule has 3 heterocycles. The van der Waals surface area contributed by atoms with E-state index in [2.05, 4.69) is 0 Å². The molecule has 6 nitrogen and oxygen atoms in total. The Balaban J connectivity index is 1.50. The Kier molecular flexibility index (Phi) is 3.98. The van der Waals surface area contributed by atoms with E-state index in [1.807, 2.05) is 66.7 Å². The van der Waals surface area contributed by atoms with E-state index < -0.39 is 18.1 Å². The normalized spacial score (nSPS) is 24.1. The van der Waals surface area contributed by atoms with Gasteiger partial charge in [0.15, 0.2) is 6.10 Å². The lowest BCUT2D eigenvalue weighted by Gasteiger charge is -2.27. The lowest BCUT2D eigenvalue weighted by molar-refractivity contribution is -0.143. The zero-order chi connectivity index (χ0) is 19.1. The number of nitrogens with zero attached hydrogens (tertiary/aromatic N) is 2. The van der Waals surface area contributed by atoms with Gasteiger partial charge in [0.25, 0.3) is 5.91 Å². The summed E-state index contributed by atoms with van der Waals surface area (Å²) in [6.45, 7) is 0.241. The molecule has 140 valence electrons. The van der Waals surface area contributed by atoms with E-state index in [0.717, 1.165) is 11.3 Å². The molecule has 2 saturated heterocycles. The molecule has 3 atom stereocenters. The van der Waals surface area contributed by atoms with Crippen LogP contribution in [0.4, 0.5) is 5.69 Å². The van der Waals surface area contributed by atoms with Gasteiger partial charge in [-0.05, 0) is 29.8 Å². The number of amides is 2. The van der Waals surface area contributed by atoms with Gasteiger partial charge >= 0.3 is 0 Å². The fourth-order valence-corrected chi connectivity index (χ4v) is 3.94.